The van der Waals surface area contributed by atoms with Gasteiger partial charge in [0, 0.05) is 22.0 Å². The molecule has 4 rings (SSSR count). The molecule has 0 radical (unpaired) electrons. The van der Waals surface area contributed by atoms with E-state index < -0.39 is 0 Å². The molecule has 0 aliphatic heterocycles. The largest absolute Gasteiger partial charge is 0.353 e. The van der Waals surface area contributed by atoms with Crippen LogP contribution in [0, 0.1) is 0 Å². The van der Waals surface area contributed by atoms with E-state index in [2.05, 4.69) is 4.98 Å². The molecule has 0 fully saturated rings. The molecule has 0 saturated carbocycles. The van der Waals surface area contributed by atoms with Crippen molar-refractivity contribution in [2.75, 3.05) is 0 Å². The standard InChI is InChI=1S/C20H17ClN2OS/c21-15-11-9-14(10-12-15)13-25-19-17-7-4-8-18(17)23(20(24)22-19)16-5-2-1-3-6-16/h1-3,5-6,9-12H,4,7-8,13H2. The minimum atomic E-state index is -0.189. The SMILES string of the molecule is O=c1nc(SCc2ccc(Cl)cc2)c2c(n1-c1ccccc1)CCC2. The van der Waals surface area contributed by atoms with Gasteiger partial charge >= 0.3 is 5.69 Å². The fraction of sp³-hybridized carbons (Fsp3) is 0.200. The van der Waals surface area contributed by atoms with Crippen molar-refractivity contribution < 1.29 is 0 Å². The van der Waals surface area contributed by atoms with Crippen LogP contribution in [0.5, 0.6) is 0 Å². The maximum absolute atomic E-state index is 12.7. The molecule has 5 heteroatoms. The molecule has 2 aromatic carbocycles. The summed E-state index contributed by atoms with van der Waals surface area (Å²) in [5.74, 6) is 0.783. The second-order valence-electron chi connectivity index (χ2n) is 6.06. The molecule has 3 nitrogen and oxygen atoms in total. The summed E-state index contributed by atoms with van der Waals surface area (Å²) < 4.78 is 1.77. The van der Waals surface area contributed by atoms with Crippen molar-refractivity contribution in [3.8, 4) is 5.69 Å². The molecule has 3 aromatic rings. The quantitative estimate of drug-likeness (QED) is 0.496. The molecule has 0 saturated heterocycles. The van der Waals surface area contributed by atoms with Crippen LogP contribution in [0.15, 0.2) is 64.4 Å². The average Bonchev–Trinajstić information content (AvgIpc) is 3.11. The number of halogens is 1. The third kappa shape index (κ3) is 3.37. The van der Waals surface area contributed by atoms with Gasteiger partial charge < -0.3 is 0 Å². The highest BCUT2D eigenvalue weighted by Gasteiger charge is 2.22. The molecule has 0 N–H and O–H groups in total. The zero-order valence-electron chi connectivity index (χ0n) is 13.6. The fourth-order valence-corrected chi connectivity index (χ4v) is 4.38. The van der Waals surface area contributed by atoms with Crippen LogP contribution < -0.4 is 5.69 Å². The third-order valence-corrected chi connectivity index (χ3v) is 5.75. The van der Waals surface area contributed by atoms with Gasteiger partial charge in [0.15, 0.2) is 0 Å². The summed E-state index contributed by atoms with van der Waals surface area (Å²) in [4.78, 5) is 17.1. The molecule has 1 aliphatic carbocycles. The Morgan fingerprint density at radius 2 is 1.80 bits per heavy atom. The number of para-hydroxylation sites is 1. The maximum Gasteiger partial charge on any atom is 0.353 e. The lowest BCUT2D eigenvalue weighted by molar-refractivity contribution is 0.802. The highest BCUT2D eigenvalue weighted by atomic mass is 35.5. The van der Waals surface area contributed by atoms with E-state index in [1.54, 1.807) is 16.3 Å². The smallest absolute Gasteiger partial charge is 0.265 e. The number of hydrogen-bond donors (Lipinski definition) is 0. The number of thioether (sulfide) groups is 1. The lowest BCUT2D eigenvalue weighted by Crippen LogP contribution is -2.25. The molecule has 0 amide bonds. The first-order valence-corrected chi connectivity index (χ1v) is 9.66. The number of hydrogen-bond acceptors (Lipinski definition) is 3. The normalized spacial score (nSPS) is 13.0. The highest BCUT2D eigenvalue weighted by Crippen LogP contribution is 2.32. The first kappa shape index (κ1) is 16.4. The molecule has 126 valence electrons. The zero-order valence-corrected chi connectivity index (χ0v) is 15.2. The average molecular weight is 369 g/mol. The zero-order chi connectivity index (χ0) is 17.2. The Labute approximate surface area is 155 Å². The van der Waals surface area contributed by atoms with Crippen LogP contribution in [-0.2, 0) is 18.6 Å². The number of aromatic nitrogens is 2. The van der Waals surface area contributed by atoms with Gasteiger partial charge in [-0.05, 0) is 49.1 Å². The third-order valence-electron chi connectivity index (χ3n) is 4.41. The molecule has 1 heterocycles. The summed E-state index contributed by atoms with van der Waals surface area (Å²) in [7, 11) is 0. The molecule has 0 bridgehead atoms. The predicted octanol–water partition coefficient (Wildman–Crippen LogP) is 4.67. The van der Waals surface area contributed by atoms with Gasteiger partial charge in [-0.1, -0.05) is 41.9 Å². The summed E-state index contributed by atoms with van der Waals surface area (Å²) in [6, 6.07) is 17.6. The Morgan fingerprint density at radius 3 is 2.56 bits per heavy atom. The first-order chi connectivity index (χ1) is 12.2. The van der Waals surface area contributed by atoms with E-state index in [0.717, 1.165) is 46.4 Å². The molecule has 1 aromatic heterocycles. The fourth-order valence-electron chi connectivity index (χ4n) is 3.22. The molecular weight excluding hydrogens is 352 g/mol. The van der Waals surface area contributed by atoms with E-state index in [9.17, 15) is 4.79 Å². The number of fused-ring (bicyclic) bond motifs is 1. The topological polar surface area (TPSA) is 34.9 Å². The minimum absolute atomic E-state index is 0.189. The van der Waals surface area contributed by atoms with Crippen molar-refractivity contribution in [3.05, 3.63) is 86.9 Å². The summed E-state index contributed by atoms with van der Waals surface area (Å²) in [6.45, 7) is 0. The summed E-state index contributed by atoms with van der Waals surface area (Å²) in [5.41, 5.74) is 4.22. The summed E-state index contributed by atoms with van der Waals surface area (Å²) in [6.07, 6.45) is 2.98. The van der Waals surface area contributed by atoms with Gasteiger partial charge in [0.2, 0.25) is 0 Å². The highest BCUT2D eigenvalue weighted by molar-refractivity contribution is 7.98. The van der Waals surface area contributed by atoms with Gasteiger partial charge in [0.25, 0.3) is 0 Å². The Kier molecular flexibility index (Phi) is 4.64. The number of benzene rings is 2. The molecule has 0 atom stereocenters. The lowest BCUT2D eigenvalue weighted by Gasteiger charge is -2.14. The molecule has 25 heavy (non-hydrogen) atoms. The Bertz CT molecular complexity index is 952. The van der Waals surface area contributed by atoms with Gasteiger partial charge in [0.05, 0.1) is 5.69 Å². The van der Waals surface area contributed by atoms with E-state index in [4.69, 9.17) is 11.6 Å². The number of rotatable bonds is 4. The van der Waals surface area contributed by atoms with E-state index in [0.29, 0.717) is 0 Å². The monoisotopic (exact) mass is 368 g/mol. The van der Waals surface area contributed by atoms with Gasteiger partial charge in [0.1, 0.15) is 5.03 Å². The summed E-state index contributed by atoms with van der Waals surface area (Å²) in [5, 5.41) is 1.61. The summed E-state index contributed by atoms with van der Waals surface area (Å²) >= 11 is 7.57. The van der Waals surface area contributed by atoms with Crippen LogP contribution in [0.2, 0.25) is 5.02 Å². The predicted molar refractivity (Wildman–Crippen MR) is 103 cm³/mol. The van der Waals surface area contributed by atoms with Gasteiger partial charge in [-0.25, -0.2) is 4.79 Å². The van der Waals surface area contributed by atoms with Crippen molar-refractivity contribution in [3.63, 3.8) is 0 Å². The molecule has 0 spiro atoms. The maximum atomic E-state index is 12.7. The minimum Gasteiger partial charge on any atom is -0.265 e. The second kappa shape index (κ2) is 7.06. The van der Waals surface area contributed by atoms with Crippen molar-refractivity contribution in [2.24, 2.45) is 0 Å². The van der Waals surface area contributed by atoms with Crippen molar-refractivity contribution in [1.29, 1.82) is 0 Å². The first-order valence-electron chi connectivity index (χ1n) is 8.30. The van der Waals surface area contributed by atoms with Gasteiger partial charge in [-0.3, -0.25) is 4.57 Å². The van der Waals surface area contributed by atoms with E-state index in [1.165, 1.54) is 11.1 Å². The Hall–Kier alpha value is -2.04. The van der Waals surface area contributed by atoms with E-state index in [1.807, 2.05) is 54.6 Å². The lowest BCUT2D eigenvalue weighted by atomic mass is 10.2. The Balaban J connectivity index is 1.68. The second-order valence-corrected chi connectivity index (χ2v) is 7.46. The van der Waals surface area contributed by atoms with Crippen molar-refractivity contribution in [1.82, 2.24) is 9.55 Å². The molecule has 1 aliphatic rings. The van der Waals surface area contributed by atoms with Crippen molar-refractivity contribution >= 4 is 23.4 Å². The molecular formula is C20H17ClN2OS. The van der Waals surface area contributed by atoms with Crippen LogP contribution in [0.4, 0.5) is 0 Å². The van der Waals surface area contributed by atoms with E-state index in [-0.39, 0.29) is 5.69 Å². The Morgan fingerprint density at radius 1 is 1.04 bits per heavy atom. The van der Waals surface area contributed by atoms with Gasteiger partial charge in [-0.2, -0.15) is 4.98 Å². The van der Waals surface area contributed by atoms with Crippen LogP contribution in [-0.4, -0.2) is 9.55 Å². The van der Waals surface area contributed by atoms with Crippen LogP contribution in [0.3, 0.4) is 0 Å². The molecule has 0 unspecified atom stereocenters. The van der Waals surface area contributed by atoms with Crippen LogP contribution in [0.1, 0.15) is 23.2 Å². The van der Waals surface area contributed by atoms with Crippen LogP contribution in [0.25, 0.3) is 5.69 Å². The number of nitrogens with zero attached hydrogens (tertiary/aromatic N) is 2. The van der Waals surface area contributed by atoms with Crippen LogP contribution >= 0.6 is 23.4 Å². The van der Waals surface area contributed by atoms with E-state index >= 15 is 0 Å². The van der Waals surface area contributed by atoms with Crippen molar-refractivity contribution in [2.45, 2.75) is 30.0 Å². The van der Waals surface area contributed by atoms with Gasteiger partial charge in [-0.15, -0.1) is 11.8 Å².